The number of hydrogen-bond acceptors (Lipinski definition) is 5. The molecule has 1 saturated heterocycles. The van der Waals surface area contributed by atoms with E-state index in [9.17, 15) is 9.59 Å². The molecule has 0 aromatic carbocycles. The Hall–Kier alpha value is -3.00. The normalized spacial score (nSPS) is 16.2. The van der Waals surface area contributed by atoms with Crippen molar-refractivity contribution in [2.75, 3.05) is 13.2 Å². The first-order valence-corrected chi connectivity index (χ1v) is 9.94. The lowest BCUT2D eigenvalue weighted by Gasteiger charge is -2.22. The maximum absolute atomic E-state index is 12.7. The highest BCUT2D eigenvalue weighted by Crippen LogP contribution is 2.26. The van der Waals surface area contributed by atoms with Gasteiger partial charge >= 0.3 is 0 Å². The van der Waals surface area contributed by atoms with Gasteiger partial charge in [-0.05, 0) is 30.9 Å². The molecular formula is C21H25N5O3. The number of carbonyl (C=O) groups is 1. The van der Waals surface area contributed by atoms with E-state index in [4.69, 9.17) is 9.72 Å². The quantitative estimate of drug-likeness (QED) is 0.691. The maximum Gasteiger partial charge on any atom is 0.272 e. The van der Waals surface area contributed by atoms with Crippen molar-refractivity contribution < 1.29 is 9.53 Å². The summed E-state index contributed by atoms with van der Waals surface area (Å²) in [5.74, 6) is 0.176. The van der Waals surface area contributed by atoms with Crippen molar-refractivity contribution in [3.63, 3.8) is 0 Å². The van der Waals surface area contributed by atoms with Gasteiger partial charge in [0, 0.05) is 54.9 Å². The second kappa shape index (κ2) is 8.16. The molecular weight excluding hydrogens is 370 g/mol. The summed E-state index contributed by atoms with van der Waals surface area (Å²) in [6.07, 6.45) is 5.00. The van der Waals surface area contributed by atoms with Crippen LogP contribution in [0.15, 0.2) is 41.5 Å². The van der Waals surface area contributed by atoms with Crippen LogP contribution in [0, 0.1) is 5.92 Å². The highest BCUT2D eigenvalue weighted by Gasteiger charge is 2.23. The Bertz CT molecular complexity index is 1050. The van der Waals surface area contributed by atoms with Crippen molar-refractivity contribution in [1.82, 2.24) is 24.9 Å². The number of aromatic amines is 1. The number of carbonyl (C=O) groups excluding carboxylic acids is 1. The molecule has 0 bridgehead atoms. The summed E-state index contributed by atoms with van der Waals surface area (Å²) in [6, 6.07) is 6.36. The molecule has 4 heterocycles. The summed E-state index contributed by atoms with van der Waals surface area (Å²) in [5, 5.41) is 6.19. The number of H-pyrrole nitrogens is 1. The molecule has 0 spiro atoms. The zero-order valence-electron chi connectivity index (χ0n) is 16.6. The van der Waals surface area contributed by atoms with E-state index in [0.717, 1.165) is 31.7 Å². The van der Waals surface area contributed by atoms with Crippen molar-refractivity contribution in [1.29, 1.82) is 0 Å². The first-order chi connectivity index (χ1) is 14.0. The number of aromatic nitrogens is 4. The van der Waals surface area contributed by atoms with Crippen LogP contribution in [0.5, 0.6) is 0 Å². The molecule has 0 unspecified atom stereocenters. The lowest BCUT2D eigenvalue weighted by molar-refractivity contribution is 0.0844. The summed E-state index contributed by atoms with van der Waals surface area (Å²) < 4.78 is 6.90. The zero-order valence-corrected chi connectivity index (χ0v) is 16.6. The minimum Gasteiger partial charge on any atom is -0.381 e. The van der Waals surface area contributed by atoms with Gasteiger partial charge in [-0.3, -0.25) is 19.7 Å². The summed E-state index contributed by atoms with van der Waals surface area (Å²) in [6.45, 7) is 5.44. The van der Waals surface area contributed by atoms with Crippen molar-refractivity contribution in [3.8, 4) is 0 Å². The second-order valence-corrected chi connectivity index (χ2v) is 7.74. The minimum absolute atomic E-state index is 0.0593. The molecule has 1 fully saturated rings. The molecule has 1 amide bonds. The molecule has 3 aromatic rings. The number of hydrogen-bond donors (Lipinski definition) is 2. The van der Waals surface area contributed by atoms with Gasteiger partial charge in [-0.2, -0.15) is 0 Å². The van der Waals surface area contributed by atoms with E-state index >= 15 is 0 Å². The average Bonchev–Trinajstić information content (AvgIpc) is 3.18. The molecule has 0 radical (unpaired) electrons. The van der Waals surface area contributed by atoms with Crippen LogP contribution < -0.4 is 10.9 Å². The van der Waals surface area contributed by atoms with Crippen LogP contribution in [0.4, 0.5) is 0 Å². The van der Waals surface area contributed by atoms with Crippen LogP contribution in [-0.4, -0.2) is 38.7 Å². The molecule has 1 atom stereocenters. The van der Waals surface area contributed by atoms with E-state index in [1.807, 2.05) is 19.9 Å². The third-order valence-electron chi connectivity index (χ3n) is 5.37. The highest BCUT2D eigenvalue weighted by molar-refractivity contribution is 5.94. The van der Waals surface area contributed by atoms with Crippen molar-refractivity contribution in [3.05, 3.63) is 64.0 Å². The molecule has 2 N–H and O–H groups in total. The minimum atomic E-state index is -0.380. The van der Waals surface area contributed by atoms with Crippen LogP contribution in [0.2, 0.25) is 0 Å². The average molecular weight is 395 g/mol. The Morgan fingerprint density at radius 1 is 1.24 bits per heavy atom. The SMILES string of the molecule is CC(C)[C@@H](NC(=O)c1ccncc1)c1cc(=O)n2[nH]c(C3CCOCC3)cc2n1. The fraction of sp³-hybridized carbons (Fsp3) is 0.429. The van der Waals surface area contributed by atoms with E-state index in [2.05, 4.69) is 15.4 Å². The van der Waals surface area contributed by atoms with E-state index in [1.54, 1.807) is 24.5 Å². The number of rotatable bonds is 5. The van der Waals surface area contributed by atoms with Gasteiger partial charge in [0.25, 0.3) is 11.5 Å². The van der Waals surface area contributed by atoms with Gasteiger partial charge in [0.05, 0.1) is 11.7 Å². The largest absolute Gasteiger partial charge is 0.381 e. The van der Waals surface area contributed by atoms with Gasteiger partial charge in [-0.25, -0.2) is 9.50 Å². The van der Waals surface area contributed by atoms with Gasteiger partial charge in [0.15, 0.2) is 5.65 Å². The zero-order chi connectivity index (χ0) is 20.4. The Labute approximate surface area is 168 Å². The van der Waals surface area contributed by atoms with E-state index < -0.39 is 0 Å². The predicted octanol–water partition coefficient (Wildman–Crippen LogP) is 2.44. The number of ether oxygens (including phenoxy) is 1. The van der Waals surface area contributed by atoms with Crippen LogP contribution in [0.25, 0.3) is 5.65 Å². The molecule has 8 heteroatoms. The number of fused-ring (bicyclic) bond motifs is 1. The predicted molar refractivity (Wildman–Crippen MR) is 108 cm³/mol. The number of amides is 1. The Kier molecular flexibility index (Phi) is 5.44. The number of pyridine rings is 1. The molecule has 29 heavy (non-hydrogen) atoms. The standard InChI is InChI=1S/C21H25N5O3/c1-13(2)20(24-21(28)15-3-7-22-8-4-15)17-12-19(27)26-18(23-17)11-16(25-26)14-5-9-29-10-6-14/h3-4,7-8,11-14,20,25H,5-6,9-10H2,1-2H3,(H,24,28)/t20-/m1/s1. The third-order valence-corrected chi connectivity index (χ3v) is 5.37. The topological polar surface area (TPSA) is 101 Å². The molecule has 1 aliphatic heterocycles. The Balaban J connectivity index is 1.65. The first kappa shape index (κ1) is 19.3. The van der Waals surface area contributed by atoms with E-state index in [1.165, 1.54) is 10.6 Å². The molecule has 8 nitrogen and oxygen atoms in total. The molecule has 4 rings (SSSR count). The summed E-state index contributed by atoms with van der Waals surface area (Å²) in [5.41, 5.74) is 2.46. The Morgan fingerprint density at radius 3 is 2.66 bits per heavy atom. The van der Waals surface area contributed by atoms with Crippen LogP contribution >= 0.6 is 0 Å². The van der Waals surface area contributed by atoms with Gasteiger partial charge in [-0.1, -0.05) is 13.8 Å². The maximum atomic E-state index is 12.7. The Morgan fingerprint density at radius 2 is 1.97 bits per heavy atom. The van der Waals surface area contributed by atoms with Gasteiger partial charge in [0.2, 0.25) is 0 Å². The van der Waals surface area contributed by atoms with Crippen LogP contribution in [0.1, 0.15) is 60.4 Å². The molecule has 1 aliphatic rings. The molecule has 0 saturated carbocycles. The lowest BCUT2D eigenvalue weighted by Crippen LogP contribution is -2.33. The smallest absolute Gasteiger partial charge is 0.272 e. The van der Waals surface area contributed by atoms with Crippen molar-refractivity contribution >= 4 is 11.6 Å². The second-order valence-electron chi connectivity index (χ2n) is 7.74. The molecule has 0 aliphatic carbocycles. The molecule has 3 aromatic heterocycles. The van der Waals surface area contributed by atoms with Gasteiger partial charge < -0.3 is 10.1 Å². The fourth-order valence-corrected chi connectivity index (χ4v) is 3.72. The number of nitrogens with one attached hydrogen (secondary N) is 2. The highest BCUT2D eigenvalue weighted by atomic mass is 16.5. The summed E-state index contributed by atoms with van der Waals surface area (Å²) >= 11 is 0. The lowest BCUT2D eigenvalue weighted by atomic mass is 9.97. The third kappa shape index (κ3) is 4.07. The van der Waals surface area contributed by atoms with E-state index in [-0.39, 0.29) is 23.4 Å². The van der Waals surface area contributed by atoms with Crippen molar-refractivity contribution in [2.45, 2.75) is 38.6 Å². The summed E-state index contributed by atoms with van der Waals surface area (Å²) in [4.78, 5) is 34.0. The number of nitrogens with zero attached hydrogens (tertiary/aromatic N) is 3. The van der Waals surface area contributed by atoms with Crippen LogP contribution in [-0.2, 0) is 4.74 Å². The molecule has 152 valence electrons. The van der Waals surface area contributed by atoms with Crippen LogP contribution in [0.3, 0.4) is 0 Å². The summed E-state index contributed by atoms with van der Waals surface area (Å²) in [7, 11) is 0. The van der Waals surface area contributed by atoms with Gasteiger partial charge in [0.1, 0.15) is 0 Å². The first-order valence-electron chi connectivity index (χ1n) is 9.94. The van der Waals surface area contributed by atoms with E-state index in [0.29, 0.717) is 22.8 Å². The monoisotopic (exact) mass is 395 g/mol. The van der Waals surface area contributed by atoms with Gasteiger partial charge in [-0.15, -0.1) is 0 Å². The van der Waals surface area contributed by atoms with Crippen molar-refractivity contribution in [2.24, 2.45) is 5.92 Å². The fourth-order valence-electron chi connectivity index (χ4n) is 3.72.